The van der Waals surface area contributed by atoms with Gasteiger partial charge in [0.05, 0.1) is 12.0 Å². The Kier molecular flexibility index (Phi) is 17.0. The Morgan fingerprint density at radius 2 is 1.58 bits per heavy atom. The van der Waals surface area contributed by atoms with E-state index in [9.17, 15) is 29.1 Å². The van der Waals surface area contributed by atoms with Crippen LogP contribution in [0.5, 0.6) is 0 Å². The van der Waals surface area contributed by atoms with Gasteiger partial charge in [-0.1, -0.05) is 85.2 Å². The molecule has 0 aliphatic carbocycles. The van der Waals surface area contributed by atoms with Gasteiger partial charge in [-0.25, -0.2) is 4.98 Å². The molecule has 278 valence electrons. The highest BCUT2D eigenvalue weighted by atomic mass is 32.1. The number of likely N-dealkylation sites (N-methyl/N-ethyl adjacent to an activating group) is 2. The summed E-state index contributed by atoms with van der Waals surface area (Å²) in [5.74, 6) is -3.29. The summed E-state index contributed by atoms with van der Waals surface area (Å²) >= 11 is 1.17. The van der Waals surface area contributed by atoms with Gasteiger partial charge in [0, 0.05) is 37.9 Å². The van der Waals surface area contributed by atoms with Crippen LogP contribution >= 0.6 is 11.3 Å². The second kappa shape index (κ2) is 20.1. The normalized spacial score (nSPS) is 15.7. The predicted molar refractivity (Wildman–Crippen MR) is 195 cm³/mol. The maximum absolute atomic E-state index is 14.1. The number of ether oxygens (including phenoxy) is 1. The molecule has 4 N–H and O–H groups in total. The number of carboxylic acids is 1. The molecule has 0 aliphatic heterocycles. The summed E-state index contributed by atoms with van der Waals surface area (Å²) in [5, 5.41) is 20.5. The third kappa shape index (κ3) is 12.5. The van der Waals surface area contributed by atoms with Gasteiger partial charge in [0.2, 0.25) is 11.8 Å². The van der Waals surface area contributed by atoms with Crippen molar-refractivity contribution in [1.29, 1.82) is 0 Å². The Morgan fingerprint density at radius 1 is 0.940 bits per heavy atom. The van der Waals surface area contributed by atoms with E-state index < -0.39 is 54.0 Å². The third-order valence-electron chi connectivity index (χ3n) is 9.17. The van der Waals surface area contributed by atoms with Crippen LogP contribution in [-0.2, 0) is 30.3 Å². The van der Waals surface area contributed by atoms with Gasteiger partial charge in [-0.05, 0) is 43.2 Å². The Bertz CT molecular complexity index is 1420. The van der Waals surface area contributed by atoms with Crippen molar-refractivity contribution in [2.45, 2.75) is 111 Å². The minimum atomic E-state index is -0.948. The average Bonchev–Trinajstić information content (AvgIpc) is 3.55. The van der Waals surface area contributed by atoms with E-state index in [0.717, 1.165) is 5.56 Å². The lowest BCUT2D eigenvalue weighted by atomic mass is 9.92. The van der Waals surface area contributed by atoms with E-state index in [0.29, 0.717) is 17.8 Å². The van der Waals surface area contributed by atoms with Gasteiger partial charge in [-0.15, -0.1) is 11.3 Å². The van der Waals surface area contributed by atoms with E-state index in [1.54, 1.807) is 31.3 Å². The van der Waals surface area contributed by atoms with Crippen molar-refractivity contribution < 1.29 is 33.8 Å². The van der Waals surface area contributed by atoms with E-state index in [4.69, 9.17) is 4.74 Å². The zero-order valence-corrected chi connectivity index (χ0v) is 32.0. The number of rotatable bonds is 20. The average molecular weight is 716 g/mol. The topological polar surface area (TPSA) is 167 Å². The van der Waals surface area contributed by atoms with Crippen molar-refractivity contribution >= 4 is 41.0 Å². The number of carboxylic acid groups (broad SMARTS) is 1. The van der Waals surface area contributed by atoms with E-state index in [2.05, 4.69) is 20.9 Å². The molecule has 0 saturated carbocycles. The molecule has 7 atom stereocenters. The fourth-order valence-corrected chi connectivity index (χ4v) is 6.83. The van der Waals surface area contributed by atoms with Gasteiger partial charge in [0.25, 0.3) is 5.91 Å². The zero-order chi connectivity index (χ0) is 37.7. The molecule has 0 radical (unpaired) electrons. The molecule has 0 bridgehead atoms. The SMILES string of the molecule is CCC(C)[C@H](NC(=O)[C@H](NC)C(C)C)C(=O)N(C)[C@H](C[C@@H](OC(C)=O)c1nc(C(=O)N[C@@H](Cc2ccccc2)C[C@H](C)C(=O)O)cs1)C(C)C. The fraction of sp³-hybridized carbons (Fsp3) is 0.622. The van der Waals surface area contributed by atoms with Crippen LogP contribution in [0, 0.1) is 23.7 Å². The van der Waals surface area contributed by atoms with Gasteiger partial charge in [0.15, 0.2) is 6.10 Å². The van der Waals surface area contributed by atoms with Crippen LogP contribution in [0.15, 0.2) is 35.7 Å². The summed E-state index contributed by atoms with van der Waals surface area (Å²) in [5.41, 5.74) is 1.08. The van der Waals surface area contributed by atoms with Gasteiger partial charge >= 0.3 is 11.9 Å². The number of carbonyl (C=O) groups is 5. The monoisotopic (exact) mass is 715 g/mol. The largest absolute Gasteiger partial charge is 0.481 e. The first-order valence-corrected chi connectivity index (χ1v) is 18.3. The molecule has 0 fully saturated rings. The Hall–Kier alpha value is -3.84. The molecule has 2 aromatic rings. The quantitative estimate of drug-likeness (QED) is 0.140. The summed E-state index contributed by atoms with van der Waals surface area (Å²) < 4.78 is 5.74. The van der Waals surface area contributed by atoms with Crippen LogP contribution in [0.2, 0.25) is 0 Å². The number of esters is 1. The smallest absolute Gasteiger partial charge is 0.306 e. The lowest BCUT2D eigenvalue weighted by Crippen LogP contribution is -2.57. The van der Waals surface area contributed by atoms with E-state index in [-0.39, 0.29) is 48.1 Å². The highest BCUT2D eigenvalue weighted by Gasteiger charge is 2.36. The number of carbonyl (C=O) groups excluding carboxylic acids is 4. The Labute approximate surface area is 301 Å². The molecule has 3 amide bonds. The third-order valence-corrected chi connectivity index (χ3v) is 10.1. The molecular weight excluding hydrogens is 659 g/mol. The number of nitrogens with zero attached hydrogens (tertiary/aromatic N) is 2. The standard InChI is InChI=1S/C37H57N5O7S/c1-11-23(6)32(41-34(45)31(38-9)22(4)5)36(46)42(10)29(21(2)3)19-30(49-25(8)43)35-40-28(20-50-35)33(44)39-27(17-24(7)37(47)48)18-26-15-13-12-14-16-26/h12-16,20-24,27,29-32,38H,11,17-19H2,1-10H3,(H,39,44)(H,41,45)(H,47,48)/t23?,24-,27+,29+,30+,31+,32-/m0/s1. The van der Waals surface area contributed by atoms with Crippen molar-refractivity contribution in [2.75, 3.05) is 14.1 Å². The first-order valence-electron chi connectivity index (χ1n) is 17.4. The van der Waals surface area contributed by atoms with Crippen molar-refractivity contribution in [2.24, 2.45) is 23.7 Å². The highest BCUT2D eigenvalue weighted by molar-refractivity contribution is 7.09. The summed E-state index contributed by atoms with van der Waals surface area (Å²) in [6, 6.07) is 7.42. The number of aliphatic carboxylic acids is 1. The van der Waals surface area contributed by atoms with Gasteiger partial charge in [-0.2, -0.15) is 0 Å². The lowest BCUT2D eigenvalue weighted by Gasteiger charge is -2.37. The number of benzene rings is 1. The van der Waals surface area contributed by atoms with Crippen LogP contribution in [-0.4, -0.2) is 82.9 Å². The number of hydrogen-bond acceptors (Lipinski definition) is 9. The summed E-state index contributed by atoms with van der Waals surface area (Å²) in [6.07, 6.45) is 0.709. The molecule has 0 spiro atoms. The first-order chi connectivity index (χ1) is 23.5. The molecule has 12 nitrogen and oxygen atoms in total. The van der Waals surface area contributed by atoms with Crippen molar-refractivity contribution in [3.8, 4) is 0 Å². The van der Waals surface area contributed by atoms with Crippen LogP contribution in [0.4, 0.5) is 0 Å². The molecule has 2 rings (SSSR count). The summed E-state index contributed by atoms with van der Waals surface area (Å²) in [6.45, 7) is 14.6. The van der Waals surface area contributed by atoms with E-state index in [1.807, 2.05) is 71.9 Å². The number of hydrogen-bond donors (Lipinski definition) is 4. The molecule has 50 heavy (non-hydrogen) atoms. The zero-order valence-electron chi connectivity index (χ0n) is 31.2. The van der Waals surface area contributed by atoms with Crippen LogP contribution in [0.25, 0.3) is 0 Å². The van der Waals surface area contributed by atoms with E-state index >= 15 is 0 Å². The molecule has 0 aliphatic rings. The predicted octanol–water partition coefficient (Wildman–Crippen LogP) is 4.85. The lowest BCUT2D eigenvalue weighted by molar-refractivity contribution is -0.149. The van der Waals surface area contributed by atoms with Crippen molar-refractivity contribution in [3.05, 3.63) is 52.0 Å². The fourth-order valence-electron chi connectivity index (χ4n) is 5.99. The minimum Gasteiger partial charge on any atom is -0.481 e. The second-order valence-electron chi connectivity index (χ2n) is 13.9. The van der Waals surface area contributed by atoms with Crippen LogP contribution in [0.1, 0.15) is 102 Å². The van der Waals surface area contributed by atoms with Crippen LogP contribution in [0.3, 0.4) is 0 Å². The number of nitrogens with one attached hydrogen (secondary N) is 3. The maximum Gasteiger partial charge on any atom is 0.306 e. The molecule has 1 unspecified atom stereocenters. The van der Waals surface area contributed by atoms with Crippen LogP contribution < -0.4 is 16.0 Å². The Morgan fingerprint density at radius 3 is 2.10 bits per heavy atom. The van der Waals surface area contributed by atoms with Gasteiger partial charge in [0.1, 0.15) is 16.7 Å². The Balaban J connectivity index is 2.33. The number of amides is 3. The number of aromatic nitrogens is 1. The van der Waals surface area contributed by atoms with E-state index in [1.165, 1.54) is 18.3 Å². The molecular formula is C37H57N5O7S. The maximum atomic E-state index is 14.1. The molecule has 1 aromatic heterocycles. The van der Waals surface area contributed by atoms with Crippen molar-refractivity contribution in [1.82, 2.24) is 25.8 Å². The molecule has 0 saturated heterocycles. The molecule has 1 aromatic carbocycles. The van der Waals surface area contributed by atoms with Gasteiger partial charge in [-0.3, -0.25) is 24.0 Å². The summed E-state index contributed by atoms with van der Waals surface area (Å²) in [7, 11) is 3.42. The second-order valence-corrected chi connectivity index (χ2v) is 14.8. The minimum absolute atomic E-state index is 0.0200. The molecule has 1 heterocycles. The van der Waals surface area contributed by atoms with Crippen molar-refractivity contribution in [3.63, 3.8) is 0 Å². The number of thiazole rings is 1. The molecule has 13 heteroatoms. The highest BCUT2D eigenvalue weighted by Crippen LogP contribution is 2.31. The van der Waals surface area contributed by atoms with Gasteiger partial charge < -0.3 is 30.7 Å². The first kappa shape index (κ1) is 42.3. The summed E-state index contributed by atoms with van der Waals surface area (Å²) in [4.78, 5) is 70.8.